The van der Waals surface area contributed by atoms with Gasteiger partial charge in [0.05, 0.1) is 25.9 Å². The molecule has 4 aliphatic carbocycles. The summed E-state index contributed by atoms with van der Waals surface area (Å²) in [6.45, 7) is 10.3. The van der Waals surface area contributed by atoms with Crippen LogP contribution in [0.1, 0.15) is 156 Å². The van der Waals surface area contributed by atoms with Gasteiger partial charge in [-0.1, -0.05) is 72.6 Å². The molecule has 11 atom stereocenters. The maximum absolute atomic E-state index is 13.3. The lowest BCUT2D eigenvalue weighted by Gasteiger charge is -2.64. The molecular formula is C43H75N3O8. The van der Waals surface area contributed by atoms with Gasteiger partial charge in [-0.15, -0.1) is 0 Å². The molecule has 1 unspecified atom stereocenters. The summed E-state index contributed by atoms with van der Waals surface area (Å²) in [6, 6.07) is 0. The third-order valence-electron chi connectivity index (χ3n) is 14.4. The molecule has 0 aromatic carbocycles. The summed E-state index contributed by atoms with van der Waals surface area (Å²) in [6.07, 6.45) is 15.9. The second kappa shape index (κ2) is 21.3. The lowest BCUT2D eigenvalue weighted by Crippen LogP contribution is -2.63. The number of rotatable bonds is 22. The van der Waals surface area contributed by atoms with Crippen LogP contribution in [0.15, 0.2) is 0 Å². The van der Waals surface area contributed by atoms with Gasteiger partial charge in [0.2, 0.25) is 0 Å². The zero-order chi connectivity index (χ0) is 39.3. The van der Waals surface area contributed by atoms with Gasteiger partial charge in [-0.2, -0.15) is 0 Å². The van der Waals surface area contributed by atoms with Gasteiger partial charge in [-0.3, -0.25) is 19.2 Å². The first-order valence-corrected chi connectivity index (χ1v) is 21.8. The molecule has 0 radical (unpaired) electrons. The third kappa shape index (κ3) is 11.0. The largest absolute Gasteiger partial charge is 0.466 e. The van der Waals surface area contributed by atoms with Crippen molar-refractivity contribution in [3.8, 4) is 0 Å². The van der Waals surface area contributed by atoms with E-state index < -0.39 is 0 Å². The van der Waals surface area contributed by atoms with Crippen LogP contribution in [0.3, 0.4) is 0 Å². The van der Waals surface area contributed by atoms with Crippen molar-refractivity contribution in [2.45, 2.75) is 174 Å². The van der Waals surface area contributed by atoms with Crippen LogP contribution in [0, 0.1) is 46.3 Å². The van der Waals surface area contributed by atoms with Crippen LogP contribution >= 0.6 is 0 Å². The number of ether oxygens (including phenoxy) is 4. The van der Waals surface area contributed by atoms with Gasteiger partial charge in [-0.05, 0) is 92.8 Å². The highest BCUT2D eigenvalue weighted by atomic mass is 16.6. The lowest BCUT2D eigenvalue weighted by atomic mass is 9.43. The molecule has 0 spiro atoms. The van der Waals surface area contributed by atoms with Crippen LogP contribution in [-0.2, 0) is 38.1 Å². The van der Waals surface area contributed by atoms with E-state index in [0.717, 1.165) is 38.5 Å². The first kappa shape index (κ1) is 44.5. The zero-order valence-electron chi connectivity index (χ0n) is 34.2. The molecule has 0 amide bonds. The highest BCUT2D eigenvalue weighted by molar-refractivity contribution is 5.71. The van der Waals surface area contributed by atoms with Crippen molar-refractivity contribution in [2.24, 2.45) is 63.5 Å². The molecule has 0 aliphatic heterocycles. The number of esters is 4. The maximum Gasteiger partial charge on any atom is 0.307 e. The van der Waals surface area contributed by atoms with E-state index in [2.05, 4.69) is 27.7 Å². The first-order chi connectivity index (χ1) is 25.9. The molecule has 4 rings (SSSR count). The normalized spacial score (nSPS) is 33.5. The average Bonchev–Trinajstić information content (AvgIpc) is 3.49. The van der Waals surface area contributed by atoms with E-state index in [1.807, 2.05) is 0 Å². The van der Waals surface area contributed by atoms with Gasteiger partial charge in [0.15, 0.2) is 0 Å². The fourth-order valence-corrected chi connectivity index (χ4v) is 11.6. The Labute approximate surface area is 325 Å². The smallest absolute Gasteiger partial charge is 0.307 e. The summed E-state index contributed by atoms with van der Waals surface area (Å²) in [7, 11) is 0. The molecule has 4 saturated carbocycles. The summed E-state index contributed by atoms with van der Waals surface area (Å²) >= 11 is 0. The second-order valence-corrected chi connectivity index (χ2v) is 17.7. The van der Waals surface area contributed by atoms with E-state index >= 15 is 0 Å². The number of carbonyl (C=O) groups is 4. The Morgan fingerprint density at radius 1 is 0.685 bits per heavy atom. The quantitative estimate of drug-likeness (QED) is 0.0603. The number of unbranched alkanes of at least 4 members (excludes halogenated alkanes) is 7. The number of hydrogen-bond donors (Lipinski definition) is 3. The van der Waals surface area contributed by atoms with Crippen molar-refractivity contribution in [1.82, 2.24) is 0 Å². The monoisotopic (exact) mass is 762 g/mol. The molecular weight excluding hydrogens is 686 g/mol. The van der Waals surface area contributed by atoms with Gasteiger partial charge >= 0.3 is 23.9 Å². The van der Waals surface area contributed by atoms with Crippen LogP contribution in [-0.4, -0.2) is 68.4 Å². The fraction of sp³-hybridized carbons (Fsp3) is 0.907. The Morgan fingerprint density at radius 2 is 1.30 bits per heavy atom. The second-order valence-electron chi connectivity index (χ2n) is 17.7. The predicted molar refractivity (Wildman–Crippen MR) is 209 cm³/mol. The van der Waals surface area contributed by atoms with Crippen molar-refractivity contribution in [2.75, 3.05) is 26.2 Å². The number of nitrogens with two attached hydrogens (primary N) is 3. The Kier molecular flexibility index (Phi) is 17.6. The van der Waals surface area contributed by atoms with E-state index in [-0.39, 0.29) is 127 Å². The van der Waals surface area contributed by atoms with Gasteiger partial charge in [0.1, 0.15) is 18.3 Å². The molecule has 54 heavy (non-hydrogen) atoms. The minimum Gasteiger partial charge on any atom is -0.466 e. The van der Waals surface area contributed by atoms with Crippen molar-refractivity contribution in [3.63, 3.8) is 0 Å². The molecule has 310 valence electrons. The van der Waals surface area contributed by atoms with Gasteiger partial charge < -0.3 is 36.1 Å². The summed E-state index contributed by atoms with van der Waals surface area (Å²) in [5.41, 5.74) is 16.8. The van der Waals surface area contributed by atoms with Crippen LogP contribution in [0.25, 0.3) is 0 Å². The molecule has 0 heterocycles. The van der Waals surface area contributed by atoms with Crippen molar-refractivity contribution in [1.29, 1.82) is 0 Å². The Balaban J connectivity index is 1.50. The highest BCUT2D eigenvalue weighted by Crippen LogP contribution is 2.69. The van der Waals surface area contributed by atoms with Gasteiger partial charge in [-0.25, -0.2) is 0 Å². The Bertz CT molecular complexity index is 1220. The average molecular weight is 762 g/mol. The summed E-state index contributed by atoms with van der Waals surface area (Å²) in [5, 5.41) is 0. The van der Waals surface area contributed by atoms with E-state index in [4.69, 9.17) is 36.1 Å². The molecule has 0 aromatic rings. The standard InChI is InChI=1S/C43H75N3O8/c1-5-6-7-8-9-10-11-12-25-51-37(47)16-13-29(2)32-14-15-33-41-34(28-36(43(32,33)4)54-40(50)20-24-46)42(3)21-17-31(52-38(48)18-22-44)26-30(42)27-35(41)53-39(49)19-23-45/h29-36,41H,5-28,44-46H2,1-4H3/t29-,30+,31?,32-,33+,34+,35-,36+,41+,42+,43-/m1/s1. The van der Waals surface area contributed by atoms with Crippen molar-refractivity contribution in [3.05, 3.63) is 0 Å². The number of fused-ring (bicyclic) bond motifs is 5. The van der Waals surface area contributed by atoms with Crippen LogP contribution in [0.4, 0.5) is 0 Å². The van der Waals surface area contributed by atoms with Crippen molar-refractivity contribution < 1.29 is 38.1 Å². The molecule has 4 aliphatic rings. The maximum atomic E-state index is 13.3. The minimum absolute atomic E-state index is 0.0904. The molecule has 4 fully saturated rings. The zero-order valence-corrected chi connectivity index (χ0v) is 34.2. The van der Waals surface area contributed by atoms with E-state index in [1.54, 1.807) is 0 Å². The molecule has 6 N–H and O–H groups in total. The van der Waals surface area contributed by atoms with Gasteiger partial charge in [0, 0.05) is 37.4 Å². The molecule has 11 nitrogen and oxygen atoms in total. The van der Waals surface area contributed by atoms with Crippen molar-refractivity contribution >= 4 is 23.9 Å². The highest BCUT2D eigenvalue weighted by Gasteiger charge is 2.67. The lowest BCUT2D eigenvalue weighted by molar-refractivity contribution is -0.225. The van der Waals surface area contributed by atoms with E-state index in [9.17, 15) is 19.2 Å². The number of carbonyl (C=O) groups excluding carboxylic acids is 4. The number of hydrogen-bond acceptors (Lipinski definition) is 11. The Hall–Kier alpha value is -2.24. The third-order valence-corrected chi connectivity index (χ3v) is 14.4. The molecule has 0 bridgehead atoms. The van der Waals surface area contributed by atoms with Crippen LogP contribution < -0.4 is 17.2 Å². The first-order valence-electron chi connectivity index (χ1n) is 21.8. The minimum atomic E-state index is -0.372. The SMILES string of the molecule is CCCCCCCCCCOC(=O)CC[C@@H](C)[C@H]1CC[C@H]2[C@@H]3[C@H](OC(=O)CCN)C[C@@H]4CC(OC(=O)CCN)CC[C@]4(C)[C@H]3C[C@H](OC(=O)CCN)[C@]12C. The predicted octanol–water partition coefficient (Wildman–Crippen LogP) is 6.75. The fourth-order valence-electron chi connectivity index (χ4n) is 11.6. The Morgan fingerprint density at radius 3 is 1.94 bits per heavy atom. The van der Waals surface area contributed by atoms with Crippen LogP contribution in [0.5, 0.6) is 0 Å². The van der Waals surface area contributed by atoms with Gasteiger partial charge in [0.25, 0.3) is 0 Å². The molecule has 0 aromatic heterocycles. The summed E-state index contributed by atoms with van der Waals surface area (Å²) in [4.78, 5) is 51.7. The summed E-state index contributed by atoms with van der Waals surface area (Å²) < 4.78 is 24.4. The molecule has 11 heteroatoms. The topological polar surface area (TPSA) is 183 Å². The van der Waals surface area contributed by atoms with E-state index in [1.165, 1.54) is 38.5 Å². The molecule has 0 saturated heterocycles. The summed E-state index contributed by atoms with van der Waals surface area (Å²) in [5.74, 6) is -0.000836. The van der Waals surface area contributed by atoms with Crippen LogP contribution in [0.2, 0.25) is 0 Å². The van der Waals surface area contributed by atoms with E-state index in [0.29, 0.717) is 38.7 Å².